The molecule has 3 N–H and O–H groups in total. The van der Waals surface area contributed by atoms with E-state index >= 15 is 0 Å². The van der Waals surface area contributed by atoms with Gasteiger partial charge in [-0.3, -0.25) is 4.79 Å². The van der Waals surface area contributed by atoms with Crippen LogP contribution in [-0.2, 0) is 9.53 Å². The molecule has 0 saturated carbocycles. The number of carbonyl (C=O) groups is 1. The minimum Gasteiger partial charge on any atom is -0.484 e. The number of primary amides is 1. The predicted molar refractivity (Wildman–Crippen MR) is 73.2 cm³/mol. The predicted octanol–water partition coefficient (Wildman–Crippen LogP) is 1.39. The van der Waals surface area contributed by atoms with Crippen LogP contribution in [0.2, 0.25) is 0 Å². The summed E-state index contributed by atoms with van der Waals surface area (Å²) in [6.07, 6.45) is 2.20. The Kier molecular flexibility index (Phi) is 5.03. The maximum Gasteiger partial charge on any atom is 0.255 e. The molecule has 1 aromatic rings. The van der Waals surface area contributed by atoms with Crippen LogP contribution in [0.25, 0.3) is 0 Å². The molecule has 0 bridgehead atoms. The standard InChI is InChI=1S/C14H20N2O3/c15-14(17)10-19-13-3-1-2-12(8-13)16-9-11-4-6-18-7-5-11/h1-3,8,11,16H,4-7,9-10H2,(H2,15,17). The Bertz CT molecular complexity index is 417. The van der Waals surface area contributed by atoms with Gasteiger partial charge in [-0.05, 0) is 30.9 Å². The summed E-state index contributed by atoms with van der Waals surface area (Å²) < 4.78 is 10.6. The Morgan fingerprint density at radius 2 is 2.21 bits per heavy atom. The normalized spacial score (nSPS) is 16.0. The first-order chi connectivity index (χ1) is 9.24. The van der Waals surface area contributed by atoms with Crippen molar-refractivity contribution in [3.63, 3.8) is 0 Å². The van der Waals surface area contributed by atoms with Crippen LogP contribution < -0.4 is 15.8 Å². The van der Waals surface area contributed by atoms with Crippen LogP contribution in [0.5, 0.6) is 5.75 Å². The second kappa shape index (κ2) is 6.99. The summed E-state index contributed by atoms with van der Waals surface area (Å²) in [5.74, 6) is 0.834. The first-order valence-electron chi connectivity index (χ1n) is 6.57. The van der Waals surface area contributed by atoms with Crippen molar-refractivity contribution in [2.45, 2.75) is 12.8 Å². The van der Waals surface area contributed by atoms with Crippen molar-refractivity contribution in [1.82, 2.24) is 0 Å². The highest BCUT2D eigenvalue weighted by molar-refractivity contribution is 5.75. The number of ether oxygens (including phenoxy) is 2. The Morgan fingerprint density at radius 1 is 1.42 bits per heavy atom. The number of amides is 1. The largest absolute Gasteiger partial charge is 0.484 e. The highest BCUT2D eigenvalue weighted by Gasteiger charge is 2.13. The number of nitrogens with two attached hydrogens (primary N) is 1. The summed E-state index contributed by atoms with van der Waals surface area (Å²) in [5.41, 5.74) is 6.04. The van der Waals surface area contributed by atoms with Gasteiger partial charge < -0.3 is 20.5 Å². The van der Waals surface area contributed by atoms with Gasteiger partial charge in [0, 0.05) is 31.5 Å². The summed E-state index contributed by atoms with van der Waals surface area (Å²) in [5, 5.41) is 3.39. The zero-order valence-electron chi connectivity index (χ0n) is 10.9. The number of carbonyl (C=O) groups excluding carboxylic acids is 1. The molecule has 5 nitrogen and oxygen atoms in total. The van der Waals surface area contributed by atoms with E-state index in [-0.39, 0.29) is 6.61 Å². The van der Waals surface area contributed by atoms with Crippen LogP contribution in [0.1, 0.15) is 12.8 Å². The topological polar surface area (TPSA) is 73.6 Å². The number of anilines is 1. The van der Waals surface area contributed by atoms with Crippen molar-refractivity contribution >= 4 is 11.6 Å². The van der Waals surface area contributed by atoms with Gasteiger partial charge in [0.15, 0.2) is 6.61 Å². The summed E-state index contributed by atoms with van der Waals surface area (Å²) in [6, 6.07) is 7.56. The highest BCUT2D eigenvalue weighted by atomic mass is 16.5. The van der Waals surface area contributed by atoms with Gasteiger partial charge in [-0.15, -0.1) is 0 Å². The molecule has 0 aliphatic carbocycles. The van der Waals surface area contributed by atoms with Crippen molar-refractivity contribution in [2.75, 3.05) is 31.7 Å². The second-order valence-corrected chi connectivity index (χ2v) is 4.72. The van der Waals surface area contributed by atoms with Crippen LogP contribution in [-0.4, -0.2) is 32.3 Å². The van der Waals surface area contributed by atoms with Crippen LogP contribution in [0.3, 0.4) is 0 Å². The SMILES string of the molecule is NC(=O)COc1cccc(NCC2CCOCC2)c1. The molecule has 1 heterocycles. The molecule has 104 valence electrons. The molecule has 1 aliphatic heterocycles. The quantitative estimate of drug-likeness (QED) is 0.814. The fraction of sp³-hybridized carbons (Fsp3) is 0.500. The first-order valence-corrected chi connectivity index (χ1v) is 6.57. The lowest BCUT2D eigenvalue weighted by molar-refractivity contribution is -0.119. The third-order valence-corrected chi connectivity index (χ3v) is 3.15. The summed E-state index contributed by atoms with van der Waals surface area (Å²) in [6.45, 7) is 2.55. The molecule has 1 amide bonds. The first kappa shape index (κ1) is 13.7. The van der Waals surface area contributed by atoms with E-state index in [1.165, 1.54) is 0 Å². The summed E-state index contributed by atoms with van der Waals surface area (Å²) in [7, 11) is 0. The number of hydrogen-bond donors (Lipinski definition) is 2. The van der Waals surface area contributed by atoms with Gasteiger partial charge >= 0.3 is 0 Å². The van der Waals surface area contributed by atoms with E-state index in [0.29, 0.717) is 11.7 Å². The van der Waals surface area contributed by atoms with Crippen molar-refractivity contribution in [3.8, 4) is 5.75 Å². The fourth-order valence-electron chi connectivity index (χ4n) is 2.06. The fourth-order valence-corrected chi connectivity index (χ4v) is 2.06. The average molecular weight is 264 g/mol. The minimum absolute atomic E-state index is 0.0938. The van der Waals surface area contributed by atoms with Crippen molar-refractivity contribution in [3.05, 3.63) is 24.3 Å². The summed E-state index contributed by atoms with van der Waals surface area (Å²) in [4.78, 5) is 10.7. The molecule has 1 aliphatic rings. The number of rotatable bonds is 6. The van der Waals surface area contributed by atoms with E-state index in [2.05, 4.69) is 5.32 Å². The highest BCUT2D eigenvalue weighted by Crippen LogP contribution is 2.19. The average Bonchev–Trinajstić information content (AvgIpc) is 2.44. The van der Waals surface area contributed by atoms with E-state index in [9.17, 15) is 4.79 Å². The van der Waals surface area contributed by atoms with Gasteiger partial charge in [-0.2, -0.15) is 0 Å². The molecule has 19 heavy (non-hydrogen) atoms. The number of hydrogen-bond acceptors (Lipinski definition) is 4. The zero-order chi connectivity index (χ0) is 13.5. The van der Waals surface area contributed by atoms with Gasteiger partial charge in [-0.25, -0.2) is 0 Å². The van der Waals surface area contributed by atoms with E-state index in [1.54, 1.807) is 0 Å². The smallest absolute Gasteiger partial charge is 0.255 e. The Labute approximate surface area is 113 Å². The maximum absolute atomic E-state index is 10.7. The third-order valence-electron chi connectivity index (χ3n) is 3.15. The van der Waals surface area contributed by atoms with Gasteiger partial charge in [0.2, 0.25) is 0 Å². The lowest BCUT2D eigenvalue weighted by Gasteiger charge is -2.22. The molecule has 0 aromatic heterocycles. The third kappa shape index (κ3) is 4.79. The molecule has 0 unspecified atom stereocenters. The van der Waals surface area contributed by atoms with E-state index in [4.69, 9.17) is 15.2 Å². The Hall–Kier alpha value is -1.75. The molecule has 1 aromatic carbocycles. The number of nitrogens with one attached hydrogen (secondary N) is 1. The molecule has 2 rings (SSSR count). The molecule has 0 atom stereocenters. The lowest BCUT2D eigenvalue weighted by atomic mass is 10.0. The van der Waals surface area contributed by atoms with Gasteiger partial charge in [0.1, 0.15) is 5.75 Å². The Morgan fingerprint density at radius 3 is 2.95 bits per heavy atom. The molecule has 0 spiro atoms. The van der Waals surface area contributed by atoms with Crippen LogP contribution in [0, 0.1) is 5.92 Å². The van der Waals surface area contributed by atoms with Crippen molar-refractivity contribution in [1.29, 1.82) is 0 Å². The van der Waals surface area contributed by atoms with E-state index in [1.807, 2.05) is 24.3 Å². The molecule has 0 radical (unpaired) electrons. The van der Waals surface area contributed by atoms with Gasteiger partial charge in [0.05, 0.1) is 0 Å². The van der Waals surface area contributed by atoms with Crippen LogP contribution in [0.15, 0.2) is 24.3 Å². The molecular formula is C14H20N2O3. The monoisotopic (exact) mass is 264 g/mol. The zero-order valence-corrected chi connectivity index (χ0v) is 10.9. The minimum atomic E-state index is -0.472. The molecule has 5 heteroatoms. The molecule has 1 saturated heterocycles. The number of benzene rings is 1. The van der Waals surface area contributed by atoms with E-state index in [0.717, 1.165) is 38.3 Å². The molecule has 1 fully saturated rings. The lowest BCUT2D eigenvalue weighted by Crippen LogP contribution is -2.22. The maximum atomic E-state index is 10.7. The van der Waals surface area contributed by atoms with Crippen LogP contribution >= 0.6 is 0 Å². The molecular weight excluding hydrogens is 244 g/mol. The van der Waals surface area contributed by atoms with Crippen molar-refractivity contribution < 1.29 is 14.3 Å². The van der Waals surface area contributed by atoms with E-state index < -0.39 is 5.91 Å². The van der Waals surface area contributed by atoms with Gasteiger partial charge in [0.25, 0.3) is 5.91 Å². The van der Waals surface area contributed by atoms with Crippen molar-refractivity contribution in [2.24, 2.45) is 11.7 Å². The van der Waals surface area contributed by atoms with Crippen LogP contribution in [0.4, 0.5) is 5.69 Å². The van der Waals surface area contributed by atoms with Gasteiger partial charge in [-0.1, -0.05) is 6.07 Å². The summed E-state index contributed by atoms with van der Waals surface area (Å²) >= 11 is 0. The second-order valence-electron chi connectivity index (χ2n) is 4.72. The Balaban J connectivity index is 1.82.